The topological polar surface area (TPSA) is 60.9 Å². The Morgan fingerprint density at radius 3 is 2.85 bits per heavy atom. The van der Waals surface area contributed by atoms with E-state index in [1.165, 1.54) is 11.8 Å². The van der Waals surface area contributed by atoms with Gasteiger partial charge in [-0.25, -0.2) is 8.78 Å². The highest BCUT2D eigenvalue weighted by atomic mass is 32.2. The minimum atomic E-state index is -2.69. The van der Waals surface area contributed by atoms with Crippen LogP contribution in [-0.4, -0.2) is 36.1 Å². The van der Waals surface area contributed by atoms with Crippen LogP contribution in [0.3, 0.4) is 0 Å². The molecule has 0 aliphatic carbocycles. The standard InChI is InChI=1S/C11H12F2N6S/c1-3-18-4-7(6(2)16-18)8-5-20-11-15-14-10(9(12)13)19(11)17-8/h4,9H,3,5H2,1-2H3. The quantitative estimate of drug-likeness (QED) is 0.870. The highest BCUT2D eigenvalue weighted by Crippen LogP contribution is 2.28. The van der Waals surface area contributed by atoms with Gasteiger partial charge in [0.15, 0.2) is 0 Å². The maximum atomic E-state index is 12.8. The number of aryl methyl sites for hydroxylation is 2. The Morgan fingerprint density at radius 1 is 1.40 bits per heavy atom. The average Bonchev–Trinajstić information content (AvgIpc) is 3.01. The van der Waals surface area contributed by atoms with E-state index >= 15 is 0 Å². The molecule has 0 fully saturated rings. The van der Waals surface area contributed by atoms with Crippen LogP contribution in [0.15, 0.2) is 16.5 Å². The summed E-state index contributed by atoms with van der Waals surface area (Å²) in [6, 6.07) is 0. The van der Waals surface area contributed by atoms with Crippen molar-refractivity contribution in [3.8, 4) is 0 Å². The van der Waals surface area contributed by atoms with Gasteiger partial charge in [-0.05, 0) is 13.8 Å². The van der Waals surface area contributed by atoms with E-state index in [0.29, 0.717) is 16.6 Å². The molecule has 0 saturated carbocycles. The van der Waals surface area contributed by atoms with Crippen molar-refractivity contribution in [1.29, 1.82) is 0 Å². The first-order chi connectivity index (χ1) is 9.60. The number of hydrogen-bond donors (Lipinski definition) is 0. The Kier molecular flexibility index (Phi) is 3.28. The Morgan fingerprint density at radius 2 is 2.20 bits per heavy atom. The first-order valence-corrected chi connectivity index (χ1v) is 7.07. The lowest BCUT2D eigenvalue weighted by molar-refractivity contribution is 0.135. The van der Waals surface area contributed by atoms with E-state index in [9.17, 15) is 8.78 Å². The summed E-state index contributed by atoms with van der Waals surface area (Å²) in [5.41, 5.74) is 2.42. The Bertz CT molecular complexity index is 675. The van der Waals surface area contributed by atoms with E-state index in [4.69, 9.17) is 0 Å². The summed E-state index contributed by atoms with van der Waals surface area (Å²) in [6.45, 7) is 4.62. The second-order valence-corrected chi connectivity index (χ2v) is 5.22. The molecule has 106 valence electrons. The van der Waals surface area contributed by atoms with Gasteiger partial charge in [0.25, 0.3) is 6.43 Å². The molecule has 1 aliphatic heterocycles. The van der Waals surface area contributed by atoms with E-state index in [2.05, 4.69) is 20.4 Å². The fourth-order valence-corrected chi connectivity index (χ4v) is 2.81. The van der Waals surface area contributed by atoms with Crippen LogP contribution >= 0.6 is 11.8 Å². The molecule has 0 unspecified atom stereocenters. The molecular weight excluding hydrogens is 286 g/mol. The van der Waals surface area contributed by atoms with E-state index in [0.717, 1.165) is 22.5 Å². The Balaban J connectivity index is 2.05. The van der Waals surface area contributed by atoms with Gasteiger partial charge < -0.3 is 0 Å². The molecule has 6 nitrogen and oxygen atoms in total. The monoisotopic (exact) mass is 298 g/mol. The molecule has 0 atom stereocenters. The van der Waals surface area contributed by atoms with Crippen LogP contribution in [0.5, 0.6) is 0 Å². The number of rotatable bonds is 3. The first-order valence-electron chi connectivity index (χ1n) is 6.08. The van der Waals surface area contributed by atoms with E-state index < -0.39 is 12.2 Å². The number of alkyl halides is 2. The van der Waals surface area contributed by atoms with Crippen LogP contribution in [0.25, 0.3) is 0 Å². The number of thioether (sulfide) groups is 1. The first kappa shape index (κ1) is 13.2. The molecule has 0 amide bonds. The molecule has 9 heteroatoms. The van der Waals surface area contributed by atoms with Crippen LogP contribution < -0.4 is 0 Å². The predicted molar refractivity (Wildman–Crippen MR) is 70.3 cm³/mol. The second kappa shape index (κ2) is 4.97. The molecule has 0 spiro atoms. The van der Waals surface area contributed by atoms with E-state index in [1.54, 1.807) is 4.68 Å². The fourth-order valence-electron chi connectivity index (χ4n) is 1.97. The van der Waals surface area contributed by atoms with Gasteiger partial charge in [0.2, 0.25) is 11.0 Å². The summed E-state index contributed by atoms with van der Waals surface area (Å²) < 4.78 is 28.6. The highest BCUT2D eigenvalue weighted by molar-refractivity contribution is 7.99. The third-order valence-electron chi connectivity index (χ3n) is 2.97. The molecule has 20 heavy (non-hydrogen) atoms. The van der Waals surface area contributed by atoms with Crippen molar-refractivity contribution >= 4 is 17.5 Å². The highest BCUT2D eigenvalue weighted by Gasteiger charge is 2.25. The molecule has 1 aliphatic rings. The summed E-state index contributed by atoms with van der Waals surface area (Å²) in [6.07, 6.45) is -0.814. The molecule has 0 saturated heterocycles. The van der Waals surface area contributed by atoms with Crippen molar-refractivity contribution in [2.75, 3.05) is 5.75 Å². The molecule has 2 aromatic heterocycles. The van der Waals surface area contributed by atoms with E-state index in [1.807, 2.05) is 20.0 Å². The van der Waals surface area contributed by atoms with Gasteiger partial charge in [0, 0.05) is 24.1 Å². The smallest absolute Gasteiger partial charge is 0.272 e. The number of nitrogens with zero attached hydrogens (tertiary/aromatic N) is 6. The summed E-state index contributed by atoms with van der Waals surface area (Å²) in [4.78, 5) is 0. The Hall–Kier alpha value is -1.77. The Labute approximate surface area is 117 Å². The average molecular weight is 298 g/mol. The summed E-state index contributed by atoms with van der Waals surface area (Å²) >= 11 is 1.34. The SMILES string of the molecule is CCn1cc(C2=Nn3c(nnc3C(F)F)SC2)c(C)n1. The molecule has 3 heterocycles. The summed E-state index contributed by atoms with van der Waals surface area (Å²) in [5, 5.41) is 16.2. The zero-order chi connectivity index (χ0) is 14.3. The van der Waals surface area contributed by atoms with E-state index in [-0.39, 0.29) is 0 Å². The van der Waals surface area contributed by atoms with Gasteiger partial charge in [-0.1, -0.05) is 11.8 Å². The zero-order valence-electron chi connectivity index (χ0n) is 10.9. The molecule has 3 rings (SSSR count). The summed E-state index contributed by atoms with van der Waals surface area (Å²) in [7, 11) is 0. The molecule has 0 N–H and O–H groups in total. The van der Waals surface area contributed by atoms with Crippen molar-refractivity contribution in [1.82, 2.24) is 24.7 Å². The third kappa shape index (κ3) is 2.11. The lowest BCUT2D eigenvalue weighted by atomic mass is 10.2. The minimum Gasteiger partial charge on any atom is -0.272 e. The fraction of sp³-hybridized carbons (Fsp3) is 0.455. The van der Waals surface area contributed by atoms with Gasteiger partial charge in [-0.3, -0.25) is 4.68 Å². The van der Waals surface area contributed by atoms with Crippen molar-refractivity contribution in [3.05, 3.63) is 23.3 Å². The molecule has 0 radical (unpaired) electrons. The summed E-state index contributed by atoms with van der Waals surface area (Å²) in [5.74, 6) is 0.141. The van der Waals surface area contributed by atoms with Crippen LogP contribution in [-0.2, 0) is 6.54 Å². The maximum absolute atomic E-state index is 12.8. The van der Waals surface area contributed by atoms with Crippen LogP contribution in [0, 0.1) is 6.92 Å². The van der Waals surface area contributed by atoms with Crippen molar-refractivity contribution in [2.24, 2.45) is 5.10 Å². The van der Waals surface area contributed by atoms with Crippen LogP contribution in [0.4, 0.5) is 8.78 Å². The van der Waals surface area contributed by atoms with Crippen molar-refractivity contribution in [3.63, 3.8) is 0 Å². The second-order valence-electron chi connectivity index (χ2n) is 4.27. The number of halogens is 2. The zero-order valence-corrected chi connectivity index (χ0v) is 11.7. The predicted octanol–water partition coefficient (Wildman–Crippen LogP) is 2.10. The van der Waals surface area contributed by atoms with Crippen LogP contribution in [0.1, 0.15) is 30.4 Å². The maximum Gasteiger partial charge on any atom is 0.299 e. The molecule has 0 aromatic carbocycles. The normalized spacial score (nSPS) is 14.6. The van der Waals surface area contributed by atoms with Crippen molar-refractivity contribution in [2.45, 2.75) is 32.0 Å². The lowest BCUT2D eigenvalue weighted by Gasteiger charge is -2.12. The van der Waals surface area contributed by atoms with Gasteiger partial charge in [0.05, 0.1) is 11.4 Å². The van der Waals surface area contributed by atoms with Crippen molar-refractivity contribution < 1.29 is 8.78 Å². The van der Waals surface area contributed by atoms with Gasteiger partial charge >= 0.3 is 0 Å². The van der Waals surface area contributed by atoms with Gasteiger partial charge in [-0.15, -0.1) is 10.2 Å². The van der Waals surface area contributed by atoms with Crippen LogP contribution in [0.2, 0.25) is 0 Å². The van der Waals surface area contributed by atoms with Gasteiger partial charge in [-0.2, -0.15) is 14.9 Å². The lowest BCUT2D eigenvalue weighted by Crippen LogP contribution is -2.15. The molecular formula is C11H12F2N6S. The number of fused-ring (bicyclic) bond motifs is 1. The number of hydrogen-bond acceptors (Lipinski definition) is 5. The molecule has 2 aromatic rings. The van der Waals surface area contributed by atoms with Gasteiger partial charge in [0.1, 0.15) is 0 Å². The minimum absolute atomic E-state index is 0.393. The molecule has 0 bridgehead atoms. The third-order valence-corrected chi connectivity index (χ3v) is 3.90. The number of aromatic nitrogens is 5. The largest absolute Gasteiger partial charge is 0.299 e.